The molecule has 1 saturated heterocycles. The van der Waals surface area contributed by atoms with Gasteiger partial charge in [0, 0.05) is 13.1 Å². The molecular formula is C13H21NO. The SMILES string of the molecule is CC1(C)C=CC(C2(C)CNCCO2)=CC1. The standard InChI is InChI=1S/C13H21NO/c1-12(2)6-4-11(5-7-12)13(3)10-14-8-9-15-13/h4-6,14H,7-10H2,1-3H3. The second-order valence-electron chi connectivity index (χ2n) is 5.44. The summed E-state index contributed by atoms with van der Waals surface area (Å²) < 4.78 is 5.89. The van der Waals surface area contributed by atoms with Crippen molar-refractivity contribution in [1.82, 2.24) is 5.32 Å². The zero-order valence-corrected chi connectivity index (χ0v) is 9.97. The number of morpholine rings is 1. The lowest BCUT2D eigenvalue weighted by Gasteiger charge is -2.37. The molecule has 1 unspecified atom stereocenters. The van der Waals surface area contributed by atoms with Crippen molar-refractivity contribution in [3.8, 4) is 0 Å². The highest BCUT2D eigenvalue weighted by Crippen LogP contribution is 2.34. The van der Waals surface area contributed by atoms with E-state index in [2.05, 4.69) is 44.3 Å². The van der Waals surface area contributed by atoms with E-state index in [4.69, 9.17) is 4.74 Å². The van der Waals surface area contributed by atoms with Crippen LogP contribution in [0.3, 0.4) is 0 Å². The van der Waals surface area contributed by atoms with E-state index in [1.54, 1.807) is 0 Å². The third-order valence-corrected chi connectivity index (χ3v) is 3.33. The molecule has 1 aliphatic carbocycles. The Morgan fingerprint density at radius 2 is 2.13 bits per heavy atom. The minimum Gasteiger partial charge on any atom is -0.368 e. The maximum atomic E-state index is 5.89. The van der Waals surface area contributed by atoms with Crippen LogP contribution in [-0.4, -0.2) is 25.3 Å². The van der Waals surface area contributed by atoms with E-state index in [0.29, 0.717) is 5.41 Å². The molecule has 2 rings (SSSR count). The molecule has 0 radical (unpaired) electrons. The summed E-state index contributed by atoms with van der Waals surface area (Å²) in [5.74, 6) is 0. The molecular weight excluding hydrogens is 186 g/mol. The Labute approximate surface area is 92.4 Å². The zero-order chi connectivity index (χ0) is 10.9. The Kier molecular flexibility index (Phi) is 2.73. The second-order valence-corrected chi connectivity index (χ2v) is 5.44. The average Bonchev–Trinajstić information content (AvgIpc) is 2.18. The Hall–Kier alpha value is -0.600. The molecule has 0 aromatic rings. The van der Waals surface area contributed by atoms with Crippen LogP contribution >= 0.6 is 0 Å². The van der Waals surface area contributed by atoms with Crippen LogP contribution in [0, 0.1) is 5.41 Å². The van der Waals surface area contributed by atoms with Gasteiger partial charge in [0.25, 0.3) is 0 Å². The number of rotatable bonds is 1. The number of allylic oxidation sites excluding steroid dienone is 2. The first-order valence-electron chi connectivity index (χ1n) is 5.76. The van der Waals surface area contributed by atoms with Gasteiger partial charge in [0.1, 0.15) is 5.60 Å². The van der Waals surface area contributed by atoms with E-state index >= 15 is 0 Å². The van der Waals surface area contributed by atoms with Crippen molar-refractivity contribution in [3.63, 3.8) is 0 Å². The molecule has 0 aromatic heterocycles. The summed E-state index contributed by atoms with van der Waals surface area (Å²) in [6.45, 7) is 9.40. The summed E-state index contributed by atoms with van der Waals surface area (Å²) in [4.78, 5) is 0. The van der Waals surface area contributed by atoms with Gasteiger partial charge in [-0.25, -0.2) is 0 Å². The molecule has 1 aliphatic heterocycles. The molecule has 2 aliphatic rings. The van der Waals surface area contributed by atoms with Crippen molar-refractivity contribution in [2.24, 2.45) is 5.41 Å². The highest BCUT2D eigenvalue weighted by molar-refractivity contribution is 5.34. The molecule has 84 valence electrons. The van der Waals surface area contributed by atoms with Gasteiger partial charge in [-0.05, 0) is 24.3 Å². The van der Waals surface area contributed by atoms with E-state index in [1.165, 1.54) is 5.57 Å². The molecule has 0 bridgehead atoms. The highest BCUT2D eigenvalue weighted by Gasteiger charge is 2.32. The van der Waals surface area contributed by atoms with Gasteiger partial charge < -0.3 is 10.1 Å². The van der Waals surface area contributed by atoms with Gasteiger partial charge in [0.2, 0.25) is 0 Å². The summed E-state index contributed by atoms with van der Waals surface area (Å²) >= 11 is 0. The van der Waals surface area contributed by atoms with E-state index in [1.807, 2.05) is 0 Å². The molecule has 15 heavy (non-hydrogen) atoms. The van der Waals surface area contributed by atoms with Crippen molar-refractivity contribution < 1.29 is 4.74 Å². The lowest BCUT2D eigenvalue weighted by molar-refractivity contribution is -0.0235. The normalized spacial score (nSPS) is 35.0. The number of hydrogen-bond donors (Lipinski definition) is 1. The topological polar surface area (TPSA) is 21.3 Å². The van der Waals surface area contributed by atoms with Gasteiger partial charge in [-0.1, -0.05) is 32.1 Å². The van der Waals surface area contributed by atoms with Crippen LogP contribution in [0.1, 0.15) is 27.2 Å². The minimum absolute atomic E-state index is 0.120. The summed E-state index contributed by atoms with van der Waals surface area (Å²) in [6, 6.07) is 0. The first-order chi connectivity index (χ1) is 7.02. The van der Waals surface area contributed by atoms with Crippen LogP contribution in [0.2, 0.25) is 0 Å². The molecule has 1 atom stereocenters. The molecule has 0 spiro atoms. The quantitative estimate of drug-likeness (QED) is 0.712. The van der Waals surface area contributed by atoms with Gasteiger partial charge in [0.15, 0.2) is 0 Å². The van der Waals surface area contributed by atoms with E-state index < -0.39 is 0 Å². The maximum absolute atomic E-state index is 5.89. The first-order valence-corrected chi connectivity index (χ1v) is 5.76. The summed E-state index contributed by atoms with van der Waals surface area (Å²) in [5.41, 5.74) is 1.52. The Balaban J connectivity index is 2.12. The first kappa shape index (κ1) is 10.9. The van der Waals surface area contributed by atoms with E-state index in [0.717, 1.165) is 26.1 Å². The van der Waals surface area contributed by atoms with E-state index in [-0.39, 0.29) is 5.60 Å². The second kappa shape index (κ2) is 3.76. The predicted octanol–water partition coefficient (Wildman–Crippen LogP) is 2.28. The van der Waals surface area contributed by atoms with Crippen LogP contribution in [0.15, 0.2) is 23.8 Å². The predicted molar refractivity (Wildman–Crippen MR) is 62.8 cm³/mol. The zero-order valence-electron chi connectivity index (χ0n) is 9.97. The molecule has 0 saturated carbocycles. The fourth-order valence-corrected chi connectivity index (χ4v) is 2.13. The molecule has 1 fully saturated rings. The molecule has 0 amide bonds. The highest BCUT2D eigenvalue weighted by atomic mass is 16.5. The van der Waals surface area contributed by atoms with E-state index in [9.17, 15) is 0 Å². The van der Waals surface area contributed by atoms with Gasteiger partial charge in [0.05, 0.1) is 6.61 Å². The number of hydrogen-bond acceptors (Lipinski definition) is 2. The third-order valence-electron chi connectivity index (χ3n) is 3.33. The summed E-state index contributed by atoms with van der Waals surface area (Å²) in [5, 5.41) is 3.39. The average molecular weight is 207 g/mol. The van der Waals surface area contributed by atoms with Gasteiger partial charge in [-0.3, -0.25) is 0 Å². The maximum Gasteiger partial charge on any atom is 0.102 e. The smallest absolute Gasteiger partial charge is 0.102 e. The Bertz CT molecular complexity index is 296. The fourth-order valence-electron chi connectivity index (χ4n) is 2.13. The van der Waals surface area contributed by atoms with Gasteiger partial charge in [-0.15, -0.1) is 0 Å². The van der Waals surface area contributed by atoms with Crippen molar-refractivity contribution in [2.45, 2.75) is 32.8 Å². The lowest BCUT2D eigenvalue weighted by Crippen LogP contribution is -2.48. The largest absolute Gasteiger partial charge is 0.368 e. The Morgan fingerprint density at radius 3 is 2.67 bits per heavy atom. The van der Waals surface area contributed by atoms with Crippen molar-refractivity contribution in [1.29, 1.82) is 0 Å². The molecule has 1 N–H and O–H groups in total. The van der Waals surface area contributed by atoms with Crippen molar-refractivity contribution in [3.05, 3.63) is 23.8 Å². The Morgan fingerprint density at radius 1 is 1.33 bits per heavy atom. The third kappa shape index (κ3) is 2.32. The molecule has 0 aromatic carbocycles. The van der Waals surface area contributed by atoms with Crippen LogP contribution in [0.5, 0.6) is 0 Å². The van der Waals surface area contributed by atoms with Crippen LogP contribution in [0.25, 0.3) is 0 Å². The van der Waals surface area contributed by atoms with Gasteiger partial charge in [-0.2, -0.15) is 0 Å². The van der Waals surface area contributed by atoms with Crippen molar-refractivity contribution >= 4 is 0 Å². The fraction of sp³-hybridized carbons (Fsp3) is 0.692. The number of nitrogens with one attached hydrogen (secondary N) is 1. The monoisotopic (exact) mass is 207 g/mol. The van der Waals surface area contributed by atoms with Gasteiger partial charge >= 0.3 is 0 Å². The van der Waals surface area contributed by atoms with Crippen LogP contribution in [0.4, 0.5) is 0 Å². The van der Waals surface area contributed by atoms with Crippen molar-refractivity contribution in [2.75, 3.05) is 19.7 Å². The number of ether oxygens (including phenoxy) is 1. The molecule has 1 heterocycles. The molecule has 2 heteroatoms. The molecule has 2 nitrogen and oxygen atoms in total. The lowest BCUT2D eigenvalue weighted by atomic mass is 9.80. The summed E-state index contributed by atoms with van der Waals surface area (Å²) in [7, 11) is 0. The summed E-state index contributed by atoms with van der Waals surface area (Å²) in [6.07, 6.45) is 7.97. The van der Waals surface area contributed by atoms with Crippen LogP contribution < -0.4 is 5.32 Å². The minimum atomic E-state index is -0.120. The van der Waals surface area contributed by atoms with Crippen LogP contribution in [-0.2, 0) is 4.74 Å².